The number of halogens is 7. The maximum Gasteiger partial charge on any atom is 0.416 e. The molecular formula is C29H31F7N2O3. The molecule has 12 heteroatoms. The Hall–Kier alpha value is -2.70. The van der Waals surface area contributed by atoms with Gasteiger partial charge in [-0.25, -0.2) is 4.39 Å². The second-order valence-corrected chi connectivity index (χ2v) is 11.6. The summed E-state index contributed by atoms with van der Waals surface area (Å²) < 4.78 is 100.0. The van der Waals surface area contributed by atoms with E-state index in [0.717, 1.165) is 0 Å². The number of hydrogen-bond acceptors (Lipinski definition) is 4. The summed E-state index contributed by atoms with van der Waals surface area (Å²) in [5.41, 5.74) is -3.25. The van der Waals surface area contributed by atoms with Gasteiger partial charge in [-0.1, -0.05) is 12.1 Å². The molecule has 1 amide bonds. The van der Waals surface area contributed by atoms with Crippen LogP contribution in [0, 0.1) is 5.82 Å². The van der Waals surface area contributed by atoms with Crippen molar-refractivity contribution >= 4 is 5.91 Å². The highest BCUT2D eigenvalue weighted by Crippen LogP contribution is 2.43. The first kappa shape index (κ1) is 29.8. The van der Waals surface area contributed by atoms with E-state index in [9.17, 15) is 40.6 Å². The smallest absolute Gasteiger partial charge is 0.390 e. The van der Waals surface area contributed by atoms with Crippen molar-refractivity contribution in [1.29, 1.82) is 0 Å². The van der Waals surface area contributed by atoms with Crippen molar-refractivity contribution in [3.8, 4) is 0 Å². The lowest BCUT2D eigenvalue weighted by Crippen LogP contribution is -2.54. The molecule has 5 rings (SSSR count). The van der Waals surface area contributed by atoms with Crippen LogP contribution in [0.2, 0.25) is 0 Å². The highest BCUT2D eigenvalue weighted by Gasteiger charge is 2.50. The number of carbonyl (C=O) groups is 1. The highest BCUT2D eigenvalue weighted by molar-refractivity contribution is 5.79. The molecule has 3 saturated heterocycles. The highest BCUT2D eigenvalue weighted by atomic mass is 19.4. The summed E-state index contributed by atoms with van der Waals surface area (Å²) in [7, 11) is 0. The zero-order valence-corrected chi connectivity index (χ0v) is 22.3. The molecule has 3 aliphatic rings. The normalized spacial score (nSPS) is 27.2. The molecule has 2 aromatic carbocycles. The second kappa shape index (κ2) is 10.9. The van der Waals surface area contributed by atoms with Crippen LogP contribution < -0.4 is 0 Å². The number of fused-ring (bicyclic) bond motifs is 1. The Bertz CT molecular complexity index is 1220. The number of amides is 1. The molecule has 4 unspecified atom stereocenters. The van der Waals surface area contributed by atoms with Gasteiger partial charge in [-0.2, -0.15) is 26.3 Å². The minimum absolute atomic E-state index is 0.0689. The van der Waals surface area contributed by atoms with Crippen molar-refractivity contribution in [3.05, 3.63) is 70.5 Å². The molecule has 1 N–H and O–H groups in total. The SMILES string of the molecule is CC1(O)CCN(C2CC(=O)N3CC(OCc4cc(C(F)(F)F)cc(C(F)(F)F)c4)C(c4ccc(F)cc4)C3C2)CC1. The first-order valence-electron chi connectivity index (χ1n) is 13.5. The van der Waals surface area contributed by atoms with Gasteiger partial charge in [0.15, 0.2) is 0 Å². The third-order valence-corrected chi connectivity index (χ3v) is 8.59. The van der Waals surface area contributed by atoms with E-state index in [0.29, 0.717) is 50.0 Å². The molecule has 224 valence electrons. The average Bonchev–Trinajstić information content (AvgIpc) is 3.26. The number of piperidine rings is 2. The van der Waals surface area contributed by atoms with Gasteiger partial charge in [-0.15, -0.1) is 0 Å². The fourth-order valence-electron chi connectivity index (χ4n) is 6.36. The first-order chi connectivity index (χ1) is 19.1. The molecule has 4 atom stereocenters. The van der Waals surface area contributed by atoms with Crippen LogP contribution in [-0.2, 0) is 28.5 Å². The van der Waals surface area contributed by atoms with E-state index >= 15 is 0 Å². The van der Waals surface area contributed by atoms with E-state index in [-0.39, 0.29) is 42.6 Å². The fraction of sp³-hybridized carbons (Fsp3) is 0.552. The fourth-order valence-corrected chi connectivity index (χ4v) is 6.36. The number of carbonyl (C=O) groups excluding carboxylic acids is 1. The van der Waals surface area contributed by atoms with Gasteiger partial charge in [0.25, 0.3) is 0 Å². The van der Waals surface area contributed by atoms with Gasteiger partial charge in [0.05, 0.1) is 29.4 Å². The van der Waals surface area contributed by atoms with Gasteiger partial charge in [0, 0.05) is 44.1 Å². The summed E-state index contributed by atoms with van der Waals surface area (Å²) in [5.74, 6) is -1.06. The molecule has 0 bridgehead atoms. The van der Waals surface area contributed by atoms with E-state index in [1.54, 1.807) is 24.0 Å². The molecule has 3 heterocycles. The number of benzene rings is 2. The van der Waals surface area contributed by atoms with Crippen molar-refractivity contribution in [3.63, 3.8) is 0 Å². The van der Waals surface area contributed by atoms with Crippen LogP contribution >= 0.6 is 0 Å². The number of aliphatic hydroxyl groups is 1. The predicted octanol–water partition coefficient (Wildman–Crippen LogP) is 5.75. The second-order valence-electron chi connectivity index (χ2n) is 11.6. The summed E-state index contributed by atoms with van der Waals surface area (Å²) in [4.78, 5) is 17.2. The minimum Gasteiger partial charge on any atom is -0.390 e. The van der Waals surface area contributed by atoms with Crippen molar-refractivity contribution in [2.75, 3.05) is 19.6 Å². The standard InChI is InChI=1S/C29H31F7N2O3/c1-27(40)6-8-37(9-7-27)22-13-23-26(18-2-4-21(30)5-3-18)24(15-38(23)25(39)14-22)41-16-17-10-19(28(31,32)33)12-20(11-17)29(34,35)36/h2-5,10-12,22-24,26,40H,6-9,13-16H2,1H3. The van der Waals surface area contributed by atoms with E-state index in [1.165, 1.54) is 12.1 Å². The number of hydrogen-bond donors (Lipinski definition) is 1. The van der Waals surface area contributed by atoms with Crippen LogP contribution in [0.15, 0.2) is 42.5 Å². The van der Waals surface area contributed by atoms with Gasteiger partial charge in [0.2, 0.25) is 5.91 Å². The lowest BCUT2D eigenvalue weighted by atomic mass is 9.83. The Labute approximate surface area is 232 Å². The first-order valence-corrected chi connectivity index (χ1v) is 13.5. The monoisotopic (exact) mass is 588 g/mol. The van der Waals surface area contributed by atoms with Gasteiger partial charge in [-0.3, -0.25) is 9.69 Å². The summed E-state index contributed by atoms with van der Waals surface area (Å²) >= 11 is 0. The molecule has 0 radical (unpaired) electrons. The largest absolute Gasteiger partial charge is 0.416 e. The average molecular weight is 589 g/mol. The number of ether oxygens (including phenoxy) is 1. The number of nitrogens with zero attached hydrogens (tertiary/aromatic N) is 2. The van der Waals surface area contributed by atoms with Gasteiger partial charge in [-0.05, 0) is 67.6 Å². The number of likely N-dealkylation sites (tertiary alicyclic amines) is 1. The van der Waals surface area contributed by atoms with Crippen LogP contribution in [0.4, 0.5) is 30.7 Å². The maximum atomic E-state index is 13.8. The molecule has 5 nitrogen and oxygen atoms in total. The Morgan fingerprint density at radius 3 is 2.12 bits per heavy atom. The van der Waals surface area contributed by atoms with E-state index in [2.05, 4.69) is 4.90 Å². The van der Waals surface area contributed by atoms with E-state index in [1.807, 2.05) is 0 Å². The summed E-state index contributed by atoms with van der Waals surface area (Å²) in [6.45, 7) is 2.60. The van der Waals surface area contributed by atoms with E-state index in [4.69, 9.17) is 4.74 Å². The third-order valence-electron chi connectivity index (χ3n) is 8.59. The quantitative estimate of drug-likeness (QED) is 0.452. The van der Waals surface area contributed by atoms with Gasteiger partial charge in [0.1, 0.15) is 5.82 Å². The van der Waals surface area contributed by atoms with E-state index < -0.39 is 53.5 Å². The molecule has 3 fully saturated rings. The van der Waals surface area contributed by atoms with Gasteiger partial charge >= 0.3 is 12.4 Å². The number of rotatable bonds is 5. The molecule has 0 aliphatic carbocycles. The van der Waals surface area contributed by atoms with Crippen LogP contribution in [-0.4, -0.2) is 64.2 Å². The Kier molecular flexibility index (Phi) is 7.88. The number of alkyl halides is 6. The molecule has 3 aliphatic heterocycles. The van der Waals surface area contributed by atoms with Crippen molar-refractivity contribution < 1.29 is 45.4 Å². The minimum atomic E-state index is -4.98. The van der Waals surface area contributed by atoms with Crippen LogP contribution in [0.25, 0.3) is 0 Å². The van der Waals surface area contributed by atoms with Crippen LogP contribution in [0.1, 0.15) is 60.8 Å². The molecule has 0 spiro atoms. The van der Waals surface area contributed by atoms with Crippen LogP contribution in [0.3, 0.4) is 0 Å². The van der Waals surface area contributed by atoms with Gasteiger partial charge < -0.3 is 14.7 Å². The van der Waals surface area contributed by atoms with Crippen molar-refractivity contribution in [1.82, 2.24) is 9.80 Å². The molecule has 0 saturated carbocycles. The Balaban J connectivity index is 1.40. The zero-order chi connectivity index (χ0) is 29.7. The molecular weight excluding hydrogens is 557 g/mol. The lowest BCUT2D eigenvalue weighted by Gasteiger charge is -2.45. The topological polar surface area (TPSA) is 53.0 Å². The molecule has 2 aromatic rings. The third kappa shape index (κ3) is 6.54. The van der Waals surface area contributed by atoms with Crippen molar-refractivity contribution in [2.24, 2.45) is 0 Å². The summed E-state index contributed by atoms with van der Waals surface area (Å²) in [6.07, 6.45) is -8.75. The lowest BCUT2D eigenvalue weighted by molar-refractivity contribution is -0.143. The molecule has 0 aromatic heterocycles. The summed E-state index contributed by atoms with van der Waals surface area (Å²) in [5, 5.41) is 10.3. The van der Waals surface area contributed by atoms with Crippen LogP contribution in [0.5, 0.6) is 0 Å². The maximum absolute atomic E-state index is 13.8. The summed E-state index contributed by atoms with van der Waals surface area (Å²) in [6, 6.07) is 6.56. The zero-order valence-electron chi connectivity index (χ0n) is 22.3. The Morgan fingerprint density at radius 2 is 1.56 bits per heavy atom. The molecule has 41 heavy (non-hydrogen) atoms. The van der Waals surface area contributed by atoms with Crippen molar-refractivity contribution in [2.45, 2.75) is 81.3 Å². The predicted molar refractivity (Wildman–Crippen MR) is 134 cm³/mol. The Morgan fingerprint density at radius 1 is 0.976 bits per heavy atom.